The van der Waals surface area contributed by atoms with Gasteiger partial charge in [0.25, 0.3) is 0 Å². The molecule has 0 aromatic carbocycles. The highest BCUT2D eigenvalue weighted by Crippen LogP contribution is 2.06. The molecule has 2 N–H and O–H groups in total. The summed E-state index contributed by atoms with van der Waals surface area (Å²) in [6.07, 6.45) is 2.54. The number of nitrogens with two attached hydrogens (primary N) is 1. The lowest BCUT2D eigenvalue weighted by Gasteiger charge is -2.04. The summed E-state index contributed by atoms with van der Waals surface area (Å²) >= 11 is 0. The maximum absolute atomic E-state index is 11.4. The quantitative estimate of drug-likeness (QED) is 0.549. The number of aromatic nitrogens is 1. The van der Waals surface area contributed by atoms with E-state index in [4.69, 9.17) is 5.73 Å². The van der Waals surface area contributed by atoms with Gasteiger partial charge in [-0.15, -0.1) is 0 Å². The number of hydrogen-bond acceptors (Lipinski definition) is 4. The van der Waals surface area contributed by atoms with Crippen LogP contribution in [0.2, 0.25) is 0 Å². The molecule has 0 saturated carbocycles. The number of primary amides is 1. The molecule has 0 spiro atoms. The van der Waals surface area contributed by atoms with Gasteiger partial charge >= 0.3 is 5.03 Å². The summed E-state index contributed by atoms with van der Waals surface area (Å²) in [6.45, 7) is 0. The Morgan fingerprint density at radius 3 is 2.56 bits per heavy atom. The molecular formula is C9H12N2O4S. The number of hydrogen-bond donors (Lipinski definition) is 1. The third kappa shape index (κ3) is 3.20. The van der Waals surface area contributed by atoms with Crippen LogP contribution in [0.1, 0.15) is 12.0 Å². The molecule has 0 unspecified atom stereocenters. The van der Waals surface area contributed by atoms with E-state index in [1.807, 2.05) is 0 Å². The molecule has 1 aromatic heterocycles. The van der Waals surface area contributed by atoms with Crippen LogP contribution in [0.25, 0.3) is 0 Å². The van der Waals surface area contributed by atoms with Crippen LogP contribution < -0.4 is 10.5 Å². The van der Waals surface area contributed by atoms with E-state index < -0.39 is 15.7 Å². The van der Waals surface area contributed by atoms with Crippen LogP contribution in [0.5, 0.6) is 0 Å². The monoisotopic (exact) mass is 244 g/mol. The molecule has 7 heteroatoms. The predicted octanol–water partition coefficient (Wildman–Crippen LogP) is -0.859. The summed E-state index contributed by atoms with van der Waals surface area (Å²) in [5.41, 5.74) is 5.53. The van der Waals surface area contributed by atoms with E-state index in [0.29, 0.717) is 12.0 Å². The zero-order valence-electron chi connectivity index (χ0n) is 8.71. The van der Waals surface area contributed by atoms with Gasteiger partial charge in [-0.25, -0.2) is 8.42 Å². The first kappa shape index (κ1) is 12.4. The molecule has 16 heavy (non-hydrogen) atoms. The summed E-state index contributed by atoms with van der Waals surface area (Å²) in [5.74, 6) is -0.468. The van der Waals surface area contributed by atoms with Gasteiger partial charge in [-0.1, -0.05) is 0 Å². The van der Waals surface area contributed by atoms with Crippen LogP contribution in [0.4, 0.5) is 0 Å². The molecule has 0 aliphatic carbocycles. The van der Waals surface area contributed by atoms with E-state index in [1.165, 1.54) is 12.1 Å². The van der Waals surface area contributed by atoms with Crippen molar-refractivity contribution in [2.24, 2.45) is 5.73 Å². The molecule has 1 amide bonds. The van der Waals surface area contributed by atoms with Crippen LogP contribution in [0, 0.1) is 5.21 Å². The van der Waals surface area contributed by atoms with E-state index in [1.54, 1.807) is 0 Å². The van der Waals surface area contributed by atoms with Crippen LogP contribution in [-0.2, 0) is 21.1 Å². The van der Waals surface area contributed by atoms with Gasteiger partial charge in [0.2, 0.25) is 15.7 Å². The third-order valence-electron chi connectivity index (χ3n) is 1.98. The number of nitrogens with zero attached hydrogens (tertiary/aromatic N) is 1. The molecule has 6 nitrogen and oxygen atoms in total. The van der Waals surface area contributed by atoms with Crippen molar-refractivity contribution >= 4 is 15.7 Å². The van der Waals surface area contributed by atoms with Gasteiger partial charge in [0.15, 0.2) is 6.20 Å². The summed E-state index contributed by atoms with van der Waals surface area (Å²) in [6, 6.07) is 2.71. The Morgan fingerprint density at radius 2 is 2.12 bits per heavy atom. The molecule has 0 bridgehead atoms. The summed E-state index contributed by atoms with van der Waals surface area (Å²) in [7, 11) is -3.52. The largest absolute Gasteiger partial charge is 0.618 e. The Labute approximate surface area is 93.2 Å². The van der Waals surface area contributed by atoms with Crippen LogP contribution in [0.15, 0.2) is 23.4 Å². The van der Waals surface area contributed by atoms with Crippen molar-refractivity contribution in [3.8, 4) is 0 Å². The topological polar surface area (TPSA) is 104 Å². The highest BCUT2D eigenvalue weighted by Gasteiger charge is 2.17. The molecular weight excluding hydrogens is 232 g/mol. The molecule has 0 radical (unpaired) electrons. The zero-order chi connectivity index (χ0) is 12.3. The smallest absolute Gasteiger partial charge is 0.308 e. The number of carbonyl (C=O) groups excluding carboxylic acids is 1. The lowest BCUT2D eigenvalue weighted by molar-refractivity contribution is -0.647. The lowest BCUT2D eigenvalue weighted by Crippen LogP contribution is -2.33. The maximum atomic E-state index is 11.4. The molecule has 0 atom stereocenters. The van der Waals surface area contributed by atoms with E-state index >= 15 is 0 Å². The van der Waals surface area contributed by atoms with Crippen LogP contribution in [0.3, 0.4) is 0 Å². The number of amides is 1. The number of carbonyl (C=O) groups is 1. The van der Waals surface area contributed by atoms with Gasteiger partial charge in [-0.2, -0.15) is 4.73 Å². The average Bonchev–Trinajstić information content (AvgIpc) is 2.12. The van der Waals surface area contributed by atoms with Crippen molar-refractivity contribution in [1.29, 1.82) is 0 Å². The second-order valence-corrected chi connectivity index (χ2v) is 5.40. The van der Waals surface area contributed by atoms with Crippen LogP contribution in [-0.4, -0.2) is 20.6 Å². The fourth-order valence-electron chi connectivity index (χ4n) is 1.21. The van der Waals surface area contributed by atoms with Crippen LogP contribution >= 0.6 is 0 Å². The molecule has 0 saturated heterocycles. The fourth-order valence-corrected chi connectivity index (χ4v) is 1.91. The van der Waals surface area contributed by atoms with Crippen molar-refractivity contribution in [1.82, 2.24) is 0 Å². The minimum Gasteiger partial charge on any atom is -0.618 e. The molecule has 88 valence electrons. The lowest BCUT2D eigenvalue weighted by atomic mass is 10.1. The van der Waals surface area contributed by atoms with Crippen molar-refractivity contribution in [2.75, 3.05) is 6.26 Å². The Kier molecular flexibility index (Phi) is 3.48. The first-order valence-electron chi connectivity index (χ1n) is 4.51. The second kappa shape index (κ2) is 4.48. The van der Waals surface area contributed by atoms with Gasteiger partial charge in [0.05, 0.1) is 0 Å². The second-order valence-electron chi connectivity index (χ2n) is 3.44. The first-order valence-corrected chi connectivity index (χ1v) is 6.40. The Balaban J connectivity index is 2.96. The van der Waals surface area contributed by atoms with Crippen molar-refractivity contribution in [3.63, 3.8) is 0 Å². The van der Waals surface area contributed by atoms with E-state index in [-0.39, 0.29) is 16.2 Å². The third-order valence-corrected chi connectivity index (χ3v) is 3.06. The average molecular weight is 244 g/mol. The molecule has 1 aromatic rings. The predicted molar refractivity (Wildman–Crippen MR) is 56.0 cm³/mol. The summed E-state index contributed by atoms with van der Waals surface area (Å²) in [5, 5.41) is 11.0. The Hall–Kier alpha value is -1.63. The van der Waals surface area contributed by atoms with Crippen molar-refractivity contribution < 1.29 is 17.9 Å². The minimum absolute atomic E-state index is 0.123. The van der Waals surface area contributed by atoms with Gasteiger partial charge in [-0.3, -0.25) is 4.79 Å². The fraction of sp³-hybridized carbons (Fsp3) is 0.333. The minimum atomic E-state index is -3.52. The molecule has 0 aliphatic rings. The molecule has 0 aliphatic heterocycles. The zero-order valence-corrected chi connectivity index (χ0v) is 9.53. The highest BCUT2D eigenvalue weighted by molar-refractivity contribution is 7.90. The summed E-state index contributed by atoms with van der Waals surface area (Å²) < 4.78 is 22.6. The normalized spacial score (nSPS) is 11.3. The Bertz CT molecular complexity index is 510. The maximum Gasteiger partial charge on any atom is 0.308 e. The molecule has 0 fully saturated rings. The number of aryl methyl sites for hydroxylation is 1. The molecule has 1 rings (SSSR count). The number of sulfone groups is 1. The number of pyridine rings is 1. The van der Waals surface area contributed by atoms with E-state index in [9.17, 15) is 18.4 Å². The first-order chi connectivity index (χ1) is 7.30. The van der Waals surface area contributed by atoms with Crippen molar-refractivity contribution in [3.05, 3.63) is 29.1 Å². The van der Waals surface area contributed by atoms with E-state index in [0.717, 1.165) is 12.5 Å². The van der Waals surface area contributed by atoms with Gasteiger partial charge in [-0.05, 0) is 12.5 Å². The van der Waals surface area contributed by atoms with Gasteiger partial charge < -0.3 is 10.9 Å². The Morgan fingerprint density at radius 1 is 1.50 bits per heavy atom. The van der Waals surface area contributed by atoms with Crippen molar-refractivity contribution in [2.45, 2.75) is 17.9 Å². The highest BCUT2D eigenvalue weighted by atomic mass is 32.2. The molecule has 1 heterocycles. The van der Waals surface area contributed by atoms with Gasteiger partial charge in [0, 0.05) is 24.3 Å². The number of rotatable bonds is 4. The SMILES string of the molecule is CS(=O)(=O)c1ccc(CCC(N)=O)c[n+]1[O-]. The summed E-state index contributed by atoms with van der Waals surface area (Å²) in [4.78, 5) is 10.5. The standard InChI is InChI=1S/C9H12N2O4S/c1-16(14,15)9-5-3-7(6-11(9)13)2-4-8(10)12/h3,5-6H,2,4H2,1H3,(H2,10,12). The van der Waals surface area contributed by atoms with E-state index in [2.05, 4.69) is 0 Å². The van der Waals surface area contributed by atoms with Gasteiger partial charge in [0.1, 0.15) is 0 Å².